The molecule has 1 aromatic rings. The van der Waals surface area contributed by atoms with Crippen LogP contribution in [0, 0.1) is 11.3 Å². The Balaban J connectivity index is 3.12. The van der Waals surface area contributed by atoms with Crippen LogP contribution in [0.2, 0.25) is 5.02 Å². The lowest BCUT2D eigenvalue weighted by Crippen LogP contribution is -2.24. The Kier molecular flexibility index (Phi) is 3.47. The van der Waals surface area contributed by atoms with Gasteiger partial charge in [0.1, 0.15) is 5.02 Å². The first-order chi connectivity index (χ1) is 6.97. The lowest BCUT2D eigenvalue weighted by atomic mass is 10.5. The Bertz CT molecular complexity index is 558. The zero-order chi connectivity index (χ0) is 11.5. The number of aromatic amines is 1. The van der Waals surface area contributed by atoms with Crippen LogP contribution >= 0.6 is 11.6 Å². The Labute approximate surface area is 90.5 Å². The summed E-state index contributed by atoms with van der Waals surface area (Å²) < 4.78 is 24.8. The Morgan fingerprint density at radius 2 is 2.27 bits per heavy atom. The van der Waals surface area contributed by atoms with Crippen molar-refractivity contribution in [2.75, 3.05) is 6.54 Å². The number of halogens is 1. The van der Waals surface area contributed by atoms with E-state index in [-0.39, 0.29) is 16.5 Å². The van der Waals surface area contributed by atoms with Gasteiger partial charge in [0.25, 0.3) is 5.56 Å². The fourth-order valence-corrected chi connectivity index (χ4v) is 1.95. The number of nitrogens with one attached hydrogen (secondary N) is 2. The minimum absolute atomic E-state index is 0.192. The molecule has 0 saturated heterocycles. The highest BCUT2D eigenvalue weighted by Gasteiger charge is 2.14. The molecule has 0 aromatic carbocycles. The highest BCUT2D eigenvalue weighted by atomic mass is 35.5. The second kappa shape index (κ2) is 4.44. The third-order valence-electron chi connectivity index (χ3n) is 1.48. The molecule has 8 heteroatoms. The van der Waals surface area contributed by atoms with E-state index in [0.29, 0.717) is 0 Å². The molecule has 0 atom stereocenters. The highest BCUT2D eigenvalue weighted by molar-refractivity contribution is 7.89. The molecular weight excluding hydrogens is 242 g/mol. The monoisotopic (exact) mass is 247 g/mol. The van der Waals surface area contributed by atoms with Gasteiger partial charge in [0.2, 0.25) is 10.0 Å². The van der Waals surface area contributed by atoms with E-state index in [0.717, 1.165) is 12.3 Å². The van der Waals surface area contributed by atoms with Crippen molar-refractivity contribution in [3.63, 3.8) is 0 Å². The maximum Gasteiger partial charge on any atom is 0.266 e. The predicted molar refractivity (Wildman–Crippen MR) is 52.9 cm³/mol. The molecule has 15 heavy (non-hydrogen) atoms. The Morgan fingerprint density at radius 1 is 1.60 bits per heavy atom. The van der Waals surface area contributed by atoms with E-state index in [2.05, 4.69) is 4.98 Å². The summed E-state index contributed by atoms with van der Waals surface area (Å²) in [5.41, 5.74) is -0.573. The Hall–Kier alpha value is -1.36. The minimum atomic E-state index is -3.79. The molecule has 0 saturated carbocycles. The normalized spacial score (nSPS) is 10.9. The maximum atomic E-state index is 11.4. The SMILES string of the molecule is N#CCNS(=O)(=O)c1c[nH]c(=O)c(Cl)c1. The van der Waals surface area contributed by atoms with Crippen LogP contribution in [-0.2, 0) is 10.0 Å². The molecule has 0 bridgehead atoms. The first-order valence-electron chi connectivity index (χ1n) is 3.72. The van der Waals surface area contributed by atoms with Crippen LogP contribution in [0.5, 0.6) is 0 Å². The van der Waals surface area contributed by atoms with Crippen molar-refractivity contribution in [2.45, 2.75) is 4.90 Å². The molecule has 0 aliphatic rings. The molecule has 0 aliphatic carbocycles. The summed E-state index contributed by atoms with van der Waals surface area (Å²) in [7, 11) is -3.79. The van der Waals surface area contributed by atoms with Crippen molar-refractivity contribution in [3.05, 3.63) is 27.6 Å². The van der Waals surface area contributed by atoms with Crippen molar-refractivity contribution in [2.24, 2.45) is 0 Å². The number of aromatic nitrogens is 1. The van der Waals surface area contributed by atoms with Gasteiger partial charge >= 0.3 is 0 Å². The number of nitrogens with zero attached hydrogens (tertiary/aromatic N) is 1. The smallest absolute Gasteiger partial charge is 0.266 e. The molecule has 0 fully saturated rings. The van der Waals surface area contributed by atoms with Crippen LogP contribution in [0.1, 0.15) is 0 Å². The van der Waals surface area contributed by atoms with Crippen molar-refractivity contribution in [1.82, 2.24) is 9.71 Å². The van der Waals surface area contributed by atoms with E-state index < -0.39 is 15.6 Å². The quantitative estimate of drug-likeness (QED) is 0.724. The standard InChI is InChI=1S/C7H6ClN3O3S/c8-6-3-5(4-10-7(6)12)15(13,14)11-2-1-9/h3-4,11H,2H2,(H,10,12). The van der Waals surface area contributed by atoms with E-state index in [1.54, 1.807) is 6.07 Å². The second-order valence-corrected chi connectivity index (χ2v) is 4.67. The summed E-state index contributed by atoms with van der Waals surface area (Å²) in [6.45, 7) is -0.348. The van der Waals surface area contributed by atoms with E-state index in [4.69, 9.17) is 16.9 Å². The fourth-order valence-electron chi connectivity index (χ4n) is 0.804. The van der Waals surface area contributed by atoms with Gasteiger partial charge in [0.05, 0.1) is 17.5 Å². The molecule has 1 heterocycles. The largest absolute Gasteiger partial charge is 0.326 e. The van der Waals surface area contributed by atoms with Crippen LogP contribution in [0.4, 0.5) is 0 Å². The van der Waals surface area contributed by atoms with Crippen molar-refractivity contribution < 1.29 is 8.42 Å². The zero-order valence-electron chi connectivity index (χ0n) is 7.32. The molecule has 0 radical (unpaired) electrons. The van der Waals surface area contributed by atoms with Crippen LogP contribution in [0.25, 0.3) is 0 Å². The second-order valence-electron chi connectivity index (χ2n) is 2.50. The van der Waals surface area contributed by atoms with E-state index in [1.807, 2.05) is 4.72 Å². The lowest BCUT2D eigenvalue weighted by molar-refractivity contribution is 0.585. The first-order valence-corrected chi connectivity index (χ1v) is 5.58. The minimum Gasteiger partial charge on any atom is -0.326 e. The summed E-state index contributed by atoms with van der Waals surface area (Å²) in [5.74, 6) is 0. The third kappa shape index (κ3) is 2.79. The van der Waals surface area contributed by atoms with Gasteiger partial charge in [0, 0.05) is 6.20 Å². The molecule has 0 unspecified atom stereocenters. The van der Waals surface area contributed by atoms with Crippen molar-refractivity contribution in [1.29, 1.82) is 5.26 Å². The molecule has 6 nitrogen and oxygen atoms in total. The van der Waals surface area contributed by atoms with Crippen LogP contribution < -0.4 is 10.3 Å². The van der Waals surface area contributed by atoms with E-state index >= 15 is 0 Å². The van der Waals surface area contributed by atoms with Gasteiger partial charge in [-0.1, -0.05) is 11.6 Å². The van der Waals surface area contributed by atoms with Gasteiger partial charge < -0.3 is 4.98 Å². The average molecular weight is 248 g/mol. The fraction of sp³-hybridized carbons (Fsp3) is 0.143. The number of hydrogen-bond donors (Lipinski definition) is 2. The summed E-state index contributed by atoms with van der Waals surface area (Å²) in [4.78, 5) is 12.8. The molecule has 80 valence electrons. The number of pyridine rings is 1. The van der Waals surface area contributed by atoms with Crippen molar-refractivity contribution in [3.8, 4) is 6.07 Å². The average Bonchev–Trinajstić information content (AvgIpc) is 2.19. The molecule has 0 amide bonds. The molecule has 0 aliphatic heterocycles. The number of sulfonamides is 1. The van der Waals surface area contributed by atoms with Crippen LogP contribution in [0.3, 0.4) is 0 Å². The predicted octanol–water partition coefficient (Wildman–Crippen LogP) is -0.170. The molecule has 0 spiro atoms. The number of nitriles is 1. The third-order valence-corrected chi connectivity index (χ3v) is 3.14. The van der Waals surface area contributed by atoms with Gasteiger partial charge in [-0.2, -0.15) is 9.98 Å². The number of H-pyrrole nitrogens is 1. The first kappa shape index (κ1) is 11.7. The summed E-state index contributed by atoms with van der Waals surface area (Å²) >= 11 is 5.45. The lowest BCUT2D eigenvalue weighted by Gasteiger charge is -2.02. The topological polar surface area (TPSA) is 103 Å². The number of rotatable bonds is 3. The highest BCUT2D eigenvalue weighted by Crippen LogP contribution is 2.09. The van der Waals surface area contributed by atoms with Gasteiger partial charge in [-0.3, -0.25) is 4.79 Å². The molecular formula is C7H6ClN3O3S. The zero-order valence-corrected chi connectivity index (χ0v) is 8.89. The number of hydrogen-bond acceptors (Lipinski definition) is 4. The van der Waals surface area contributed by atoms with E-state index in [1.165, 1.54) is 0 Å². The van der Waals surface area contributed by atoms with Crippen molar-refractivity contribution >= 4 is 21.6 Å². The summed E-state index contributed by atoms with van der Waals surface area (Å²) in [5, 5.41) is 7.99. The van der Waals surface area contributed by atoms with Gasteiger partial charge in [-0.15, -0.1) is 0 Å². The summed E-state index contributed by atoms with van der Waals surface area (Å²) in [6.07, 6.45) is 1.01. The Morgan fingerprint density at radius 3 is 2.80 bits per heavy atom. The van der Waals surface area contributed by atoms with Gasteiger partial charge in [-0.25, -0.2) is 8.42 Å². The summed E-state index contributed by atoms with van der Waals surface area (Å²) in [6, 6.07) is 2.64. The maximum absolute atomic E-state index is 11.4. The molecule has 2 N–H and O–H groups in total. The molecule has 1 aromatic heterocycles. The van der Waals surface area contributed by atoms with Crippen LogP contribution in [-0.4, -0.2) is 19.9 Å². The molecule has 1 rings (SSSR count). The van der Waals surface area contributed by atoms with Gasteiger partial charge in [0.15, 0.2) is 0 Å². The van der Waals surface area contributed by atoms with E-state index in [9.17, 15) is 13.2 Å². The van der Waals surface area contributed by atoms with Gasteiger partial charge in [-0.05, 0) is 6.07 Å². The van der Waals surface area contributed by atoms with Crippen LogP contribution in [0.15, 0.2) is 22.0 Å².